The van der Waals surface area contributed by atoms with E-state index in [1.165, 1.54) is 36.4 Å². The van der Waals surface area contributed by atoms with Crippen LogP contribution in [0.3, 0.4) is 0 Å². The van der Waals surface area contributed by atoms with Crippen LogP contribution in [0.15, 0.2) is 42.5 Å². The fraction of sp³-hybridized carbons (Fsp3) is 0.348. The molecule has 5 nitrogen and oxygen atoms in total. The monoisotopic (exact) mass is 480 g/mol. The molecule has 10 heteroatoms. The van der Waals surface area contributed by atoms with Gasteiger partial charge in [-0.25, -0.2) is 14.4 Å². The van der Waals surface area contributed by atoms with Crippen LogP contribution in [0.25, 0.3) is 10.9 Å². The molecule has 0 radical (unpaired) electrons. The molecule has 2 N–H and O–H groups in total. The van der Waals surface area contributed by atoms with Crippen molar-refractivity contribution in [1.29, 1.82) is 0 Å². The number of rotatable bonds is 5. The average Bonchev–Trinajstić information content (AvgIpc) is 2.78. The maximum absolute atomic E-state index is 13.2. The first-order valence-electron chi connectivity index (χ1n) is 10.5. The number of benzene rings is 2. The zero-order valence-electron chi connectivity index (χ0n) is 17.4. The van der Waals surface area contributed by atoms with Crippen molar-refractivity contribution in [3.8, 4) is 0 Å². The predicted molar refractivity (Wildman–Crippen MR) is 118 cm³/mol. The zero-order chi connectivity index (χ0) is 23.6. The molecule has 1 aliphatic carbocycles. The molecule has 3 aromatic rings. The maximum Gasteiger partial charge on any atom is 0.451 e. The van der Waals surface area contributed by atoms with Gasteiger partial charge in [0.15, 0.2) is 0 Å². The van der Waals surface area contributed by atoms with E-state index in [4.69, 9.17) is 11.6 Å². The van der Waals surface area contributed by atoms with Crippen LogP contribution in [0.2, 0.25) is 5.02 Å². The minimum absolute atomic E-state index is 0.00526. The highest BCUT2D eigenvalue weighted by atomic mass is 35.5. The molecule has 0 spiro atoms. The lowest BCUT2D eigenvalue weighted by Crippen LogP contribution is -2.38. The second-order valence-electron chi connectivity index (χ2n) is 8.13. The molecule has 174 valence electrons. The molecular weight excluding hydrogens is 460 g/mol. The van der Waals surface area contributed by atoms with Gasteiger partial charge in [0, 0.05) is 28.6 Å². The predicted octanol–water partition coefficient (Wildman–Crippen LogP) is 5.84. The third-order valence-corrected chi connectivity index (χ3v) is 5.99. The van der Waals surface area contributed by atoms with Gasteiger partial charge in [-0.15, -0.1) is 0 Å². The van der Waals surface area contributed by atoms with Crippen molar-refractivity contribution >= 4 is 34.2 Å². The average molecular weight is 481 g/mol. The van der Waals surface area contributed by atoms with E-state index in [2.05, 4.69) is 20.6 Å². The highest BCUT2D eigenvalue weighted by molar-refractivity contribution is 6.31. The molecule has 1 aliphatic rings. The number of amides is 1. The van der Waals surface area contributed by atoms with E-state index in [1.807, 2.05) is 0 Å². The summed E-state index contributed by atoms with van der Waals surface area (Å²) in [4.78, 5) is 19.6. The van der Waals surface area contributed by atoms with E-state index in [-0.39, 0.29) is 29.2 Å². The molecular formula is C23H21ClF4N4O. The van der Waals surface area contributed by atoms with E-state index >= 15 is 0 Å². The van der Waals surface area contributed by atoms with Crippen molar-refractivity contribution in [3.05, 3.63) is 64.7 Å². The standard InChI is InChI=1S/C23H21ClF4N4O/c24-15-5-10-19-18(11-15)20(32-22(31-19)23(26,27)28)29-12-13-1-8-17(9-2-13)30-21(33)14-3-6-16(25)7-4-14/h3-7,10-11,13,17H,1-2,8-9,12H2,(H,30,33)(H,29,31,32)/t13-,17+. The van der Waals surface area contributed by atoms with Gasteiger partial charge in [0.1, 0.15) is 11.6 Å². The Labute approximate surface area is 192 Å². The molecule has 2 aromatic carbocycles. The summed E-state index contributed by atoms with van der Waals surface area (Å²) in [5, 5.41) is 6.82. The first kappa shape index (κ1) is 23.2. The van der Waals surface area contributed by atoms with E-state index in [0.717, 1.165) is 25.7 Å². The first-order chi connectivity index (χ1) is 15.7. The summed E-state index contributed by atoms with van der Waals surface area (Å²) >= 11 is 6.02. The third-order valence-electron chi connectivity index (χ3n) is 5.76. The Kier molecular flexibility index (Phi) is 6.69. The van der Waals surface area contributed by atoms with Crippen LogP contribution >= 0.6 is 11.6 Å². The SMILES string of the molecule is O=C(N[C@H]1CC[C@@H](CNc2nc(C(F)(F)F)nc3ccc(Cl)cc23)CC1)c1ccc(F)cc1. The van der Waals surface area contributed by atoms with Crippen LogP contribution in [0.4, 0.5) is 23.4 Å². The number of nitrogens with one attached hydrogen (secondary N) is 2. The van der Waals surface area contributed by atoms with Gasteiger partial charge in [0.05, 0.1) is 5.52 Å². The highest BCUT2D eigenvalue weighted by Crippen LogP contribution is 2.32. The number of anilines is 1. The Morgan fingerprint density at radius 3 is 2.39 bits per heavy atom. The first-order valence-corrected chi connectivity index (χ1v) is 10.9. The molecule has 0 unspecified atom stereocenters. The van der Waals surface area contributed by atoms with Crippen molar-refractivity contribution in [2.45, 2.75) is 37.9 Å². The van der Waals surface area contributed by atoms with Crippen LogP contribution in [-0.2, 0) is 6.18 Å². The van der Waals surface area contributed by atoms with E-state index in [0.29, 0.717) is 22.5 Å². The van der Waals surface area contributed by atoms with Gasteiger partial charge in [0.25, 0.3) is 5.91 Å². The molecule has 1 saturated carbocycles. The number of hydrogen-bond acceptors (Lipinski definition) is 4. The van der Waals surface area contributed by atoms with Gasteiger partial charge in [-0.3, -0.25) is 4.79 Å². The molecule has 4 rings (SSSR count). The number of hydrogen-bond donors (Lipinski definition) is 2. The van der Waals surface area contributed by atoms with Crippen LogP contribution < -0.4 is 10.6 Å². The van der Waals surface area contributed by atoms with E-state index in [9.17, 15) is 22.4 Å². The lowest BCUT2D eigenvalue weighted by atomic mass is 9.86. The number of carbonyl (C=O) groups excluding carboxylic acids is 1. The zero-order valence-corrected chi connectivity index (χ0v) is 18.2. The topological polar surface area (TPSA) is 66.9 Å². The maximum atomic E-state index is 13.2. The number of halogens is 5. The highest BCUT2D eigenvalue weighted by Gasteiger charge is 2.35. The normalized spacial score (nSPS) is 18.8. The van der Waals surface area contributed by atoms with Crippen LogP contribution in [0, 0.1) is 11.7 Å². The summed E-state index contributed by atoms with van der Waals surface area (Å²) < 4.78 is 52.7. The Morgan fingerprint density at radius 2 is 1.73 bits per heavy atom. The Hall–Kier alpha value is -2.94. The molecule has 1 heterocycles. The summed E-state index contributed by atoms with van der Waals surface area (Å²) in [6, 6.07) is 9.83. The summed E-state index contributed by atoms with van der Waals surface area (Å²) in [6.07, 6.45) is -1.60. The van der Waals surface area contributed by atoms with Gasteiger partial charge < -0.3 is 10.6 Å². The third kappa shape index (κ3) is 5.71. The Morgan fingerprint density at radius 1 is 1.03 bits per heavy atom. The van der Waals surface area contributed by atoms with Gasteiger partial charge in [0.2, 0.25) is 5.82 Å². The fourth-order valence-electron chi connectivity index (χ4n) is 3.98. The second-order valence-corrected chi connectivity index (χ2v) is 8.57. The second kappa shape index (κ2) is 9.51. The van der Waals surface area contributed by atoms with Crippen molar-refractivity contribution in [2.75, 3.05) is 11.9 Å². The summed E-state index contributed by atoms with van der Waals surface area (Å²) in [5.41, 5.74) is 0.561. The van der Waals surface area contributed by atoms with Gasteiger partial charge in [-0.2, -0.15) is 13.2 Å². The van der Waals surface area contributed by atoms with Gasteiger partial charge >= 0.3 is 6.18 Å². The molecule has 0 aliphatic heterocycles. The number of nitrogens with zero attached hydrogens (tertiary/aromatic N) is 2. The molecule has 33 heavy (non-hydrogen) atoms. The molecule has 0 atom stereocenters. The van der Waals surface area contributed by atoms with Gasteiger partial charge in [-0.1, -0.05) is 11.6 Å². The number of fused-ring (bicyclic) bond motifs is 1. The lowest BCUT2D eigenvalue weighted by molar-refractivity contribution is -0.144. The minimum Gasteiger partial charge on any atom is -0.369 e. The summed E-state index contributed by atoms with van der Waals surface area (Å²) in [6.45, 7) is 0.439. The van der Waals surface area contributed by atoms with E-state index in [1.54, 1.807) is 6.07 Å². The largest absolute Gasteiger partial charge is 0.451 e. The van der Waals surface area contributed by atoms with Crippen molar-refractivity contribution in [1.82, 2.24) is 15.3 Å². The molecule has 1 aromatic heterocycles. The number of carbonyl (C=O) groups is 1. The molecule has 0 saturated heterocycles. The smallest absolute Gasteiger partial charge is 0.369 e. The molecule has 0 bridgehead atoms. The number of alkyl halides is 3. The Balaban J connectivity index is 1.37. The summed E-state index contributed by atoms with van der Waals surface area (Å²) in [5.74, 6) is -1.54. The van der Waals surface area contributed by atoms with Crippen LogP contribution in [0.1, 0.15) is 41.9 Å². The van der Waals surface area contributed by atoms with Crippen LogP contribution in [-0.4, -0.2) is 28.5 Å². The van der Waals surface area contributed by atoms with Gasteiger partial charge in [-0.05, 0) is 74.1 Å². The van der Waals surface area contributed by atoms with E-state index < -0.39 is 17.8 Å². The molecule has 1 fully saturated rings. The Bertz CT molecular complexity index is 1150. The molecule has 1 amide bonds. The summed E-state index contributed by atoms with van der Waals surface area (Å²) in [7, 11) is 0. The van der Waals surface area contributed by atoms with Crippen molar-refractivity contribution in [3.63, 3.8) is 0 Å². The quantitative estimate of drug-likeness (QED) is 0.450. The van der Waals surface area contributed by atoms with Crippen molar-refractivity contribution < 1.29 is 22.4 Å². The fourth-order valence-corrected chi connectivity index (χ4v) is 4.16. The van der Waals surface area contributed by atoms with Crippen LogP contribution in [0.5, 0.6) is 0 Å². The van der Waals surface area contributed by atoms with Crippen molar-refractivity contribution in [2.24, 2.45) is 5.92 Å². The number of aromatic nitrogens is 2. The minimum atomic E-state index is -4.66. The lowest BCUT2D eigenvalue weighted by Gasteiger charge is -2.29.